The third kappa shape index (κ3) is 3.55. The third-order valence-corrected chi connectivity index (χ3v) is 3.92. The van der Waals surface area contributed by atoms with E-state index >= 15 is 0 Å². The van der Waals surface area contributed by atoms with Gasteiger partial charge in [-0.3, -0.25) is 0 Å². The van der Waals surface area contributed by atoms with Crippen molar-refractivity contribution in [2.24, 2.45) is 0 Å². The normalized spacial score (nSPS) is 29.4. The van der Waals surface area contributed by atoms with Crippen LogP contribution in [0.25, 0.3) is 0 Å². The Hall–Kier alpha value is -0.350. The smallest absolute Gasteiger partial charge is 0.169 e. The quantitative estimate of drug-likeness (QED) is 0.728. The van der Waals surface area contributed by atoms with Crippen molar-refractivity contribution in [1.29, 1.82) is 0 Å². The third-order valence-electron chi connectivity index (χ3n) is 3.54. The number of nitrogens with one attached hydrogen (secondary N) is 1. The molecule has 3 nitrogen and oxygen atoms in total. The minimum absolute atomic E-state index is 0.0981. The summed E-state index contributed by atoms with van der Waals surface area (Å²) in [5.74, 6) is 0. The number of hydrogen-bond acceptors (Lipinski definition) is 2. The van der Waals surface area contributed by atoms with Gasteiger partial charge in [-0.05, 0) is 45.8 Å². The molecular formula is C13H24N2OS. The largest absolute Gasteiger partial charge is 0.369 e. The lowest BCUT2D eigenvalue weighted by Gasteiger charge is -2.43. The van der Waals surface area contributed by atoms with Crippen molar-refractivity contribution in [3.63, 3.8) is 0 Å². The number of morpholine rings is 1. The number of nitrogens with zero attached hydrogens (tertiary/aromatic N) is 1. The van der Waals surface area contributed by atoms with Crippen molar-refractivity contribution in [1.82, 2.24) is 10.2 Å². The van der Waals surface area contributed by atoms with Gasteiger partial charge in [-0.15, -0.1) is 0 Å². The molecule has 2 rings (SSSR count). The molecule has 2 fully saturated rings. The van der Waals surface area contributed by atoms with Crippen LogP contribution in [-0.4, -0.2) is 40.8 Å². The Labute approximate surface area is 110 Å². The van der Waals surface area contributed by atoms with E-state index in [9.17, 15) is 0 Å². The van der Waals surface area contributed by atoms with Crippen molar-refractivity contribution in [2.75, 3.05) is 13.1 Å². The van der Waals surface area contributed by atoms with Gasteiger partial charge in [0.1, 0.15) is 0 Å². The van der Waals surface area contributed by atoms with Crippen LogP contribution in [0, 0.1) is 0 Å². The molecule has 0 aromatic rings. The molecule has 0 aromatic carbocycles. The van der Waals surface area contributed by atoms with Crippen LogP contribution in [0.15, 0.2) is 0 Å². The van der Waals surface area contributed by atoms with Crippen molar-refractivity contribution in [3.8, 4) is 0 Å². The maximum Gasteiger partial charge on any atom is 0.169 e. The molecule has 1 aliphatic carbocycles. The van der Waals surface area contributed by atoms with E-state index in [2.05, 4.69) is 31.0 Å². The second-order valence-electron chi connectivity index (χ2n) is 6.00. The van der Waals surface area contributed by atoms with Crippen LogP contribution in [-0.2, 0) is 4.74 Å². The molecule has 0 radical (unpaired) electrons. The molecule has 0 aromatic heterocycles. The van der Waals surface area contributed by atoms with E-state index in [1.165, 1.54) is 25.7 Å². The van der Waals surface area contributed by atoms with Gasteiger partial charge in [0.2, 0.25) is 0 Å². The monoisotopic (exact) mass is 256 g/mol. The van der Waals surface area contributed by atoms with Crippen molar-refractivity contribution in [2.45, 2.75) is 64.2 Å². The lowest BCUT2D eigenvalue weighted by molar-refractivity contribution is -0.112. The zero-order chi connectivity index (χ0) is 12.5. The Bertz CT molecular complexity index is 287. The van der Waals surface area contributed by atoms with Crippen LogP contribution < -0.4 is 5.32 Å². The van der Waals surface area contributed by atoms with Crippen LogP contribution in [0.2, 0.25) is 0 Å². The van der Waals surface area contributed by atoms with Gasteiger partial charge in [0.15, 0.2) is 5.11 Å². The van der Waals surface area contributed by atoms with Crippen LogP contribution in [0.4, 0.5) is 0 Å². The fourth-order valence-electron chi connectivity index (χ4n) is 2.94. The Balaban J connectivity index is 1.89. The Morgan fingerprint density at radius 3 is 2.59 bits per heavy atom. The molecule has 98 valence electrons. The van der Waals surface area contributed by atoms with Gasteiger partial charge in [0, 0.05) is 19.1 Å². The van der Waals surface area contributed by atoms with E-state index in [1.54, 1.807) is 0 Å². The maximum atomic E-state index is 5.89. The molecule has 4 heteroatoms. The molecule has 1 atom stereocenters. The molecule has 0 amide bonds. The summed E-state index contributed by atoms with van der Waals surface area (Å²) in [5, 5.41) is 4.43. The molecule has 1 N–H and O–H groups in total. The highest BCUT2D eigenvalue weighted by molar-refractivity contribution is 7.80. The zero-order valence-corrected chi connectivity index (χ0v) is 12.0. The van der Waals surface area contributed by atoms with E-state index in [4.69, 9.17) is 17.0 Å². The molecule has 1 unspecified atom stereocenters. The number of ether oxygens (including phenoxy) is 1. The van der Waals surface area contributed by atoms with Crippen molar-refractivity contribution in [3.05, 3.63) is 0 Å². The minimum atomic E-state index is -0.0981. The molecule has 1 aliphatic heterocycles. The second kappa shape index (κ2) is 5.11. The summed E-state index contributed by atoms with van der Waals surface area (Å²) in [6.45, 7) is 8.17. The van der Waals surface area contributed by atoms with Crippen molar-refractivity contribution < 1.29 is 4.74 Å². The Morgan fingerprint density at radius 2 is 2.00 bits per heavy atom. The van der Waals surface area contributed by atoms with Crippen LogP contribution in [0.3, 0.4) is 0 Å². The second-order valence-corrected chi connectivity index (χ2v) is 6.39. The topological polar surface area (TPSA) is 24.5 Å². The number of thiocarbonyl (C=S) groups is 1. The highest BCUT2D eigenvalue weighted by Gasteiger charge is 2.33. The molecule has 1 saturated carbocycles. The summed E-state index contributed by atoms with van der Waals surface area (Å²) >= 11 is 5.53. The summed E-state index contributed by atoms with van der Waals surface area (Å²) in [4.78, 5) is 2.27. The standard InChI is InChI=1S/C13H24N2OS/c1-10-8-15(9-13(2,3)16-10)12(17)14-11-6-4-5-7-11/h10-11H,4-9H2,1-3H3,(H,14,17). The van der Waals surface area contributed by atoms with Gasteiger partial charge < -0.3 is 15.0 Å². The van der Waals surface area contributed by atoms with Gasteiger partial charge >= 0.3 is 0 Å². The summed E-state index contributed by atoms with van der Waals surface area (Å²) < 4.78 is 5.89. The average Bonchev–Trinajstić information content (AvgIpc) is 2.67. The van der Waals surface area contributed by atoms with Crippen LogP contribution in [0.5, 0.6) is 0 Å². The van der Waals surface area contributed by atoms with Gasteiger partial charge in [0.05, 0.1) is 11.7 Å². The molecule has 17 heavy (non-hydrogen) atoms. The Morgan fingerprint density at radius 1 is 1.35 bits per heavy atom. The first-order chi connectivity index (χ1) is 7.96. The van der Waals surface area contributed by atoms with Gasteiger partial charge in [0.25, 0.3) is 0 Å². The first-order valence-electron chi connectivity index (χ1n) is 6.69. The summed E-state index contributed by atoms with van der Waals surface area (Å²) in [6.07, 6.45) is 5.46. The van der Waals surface area contributed by atoms with E-state index < -0.39 is 0 Å². The van der Waals surface area contributed by atoms with Gasteiger partial charge in [-0.2, -0.15) is 0 Å². The summed E-state index contributed by atoms with van der Waals surface area (Å²) in [6, 6.07) is 0.601. The minimum Gasteiger partial charge on any atom is -0.369 e. The first-order valence-corrected chi connectivity index (χ1v) is 7.10. The zero-order valence-electron chi connectivity index (χ0n) is 11.2. The average molecular weight is 256 g/mol. The van der Waals surface area contributed by atoms with Crippen molar-refractivity contribution >= 4 is 17.3 Å². The first kappa shape index (κ1) is 13.1. The van der Waals surface area contributed by atoms with Crippen LogP contribution >= 0.6 is 12.2 Å². The van der Waals surface area contributed by atoms with Gasteiger partial charge in [-0.1, -0.05) is 12.8 Å². The van der Waals surface area contributed by atoms with E-state index in [0.29, 0.717) is 6.04 Å². The number of rotatable bonds is 1. The fourth-order valence-corrected chi connectivity index (χ4v) is 3.25. The van der Waals surface area contributed by atoms with Crippen LogP contribution in [0.1, 0.15) is 46.5 Å². The molecule has 2 aliphatic rings. The highest BCUT2D eigenvalue weighted by atomic mass is 32.1. The fraction of sp³-hybridized carbons (Fsp3) is 0.923. The molecule has 1 heterocycles. The Kier molecular flexibility index (Phi) is 3.93. The predicted octanol–water partition coefficient (Wildman–Crippen LogP) is 2.30. The van der Waals surface area contributed by atoms with E-state index in [-0.39, 0.29) is 11.7 Å². The summed E-state index contributed by atoms with van der Waals surface area (Å²) in [5.41, 5.74) is -0.0981. The van der Waals surface area contributed by atoms with E-state index in [0.717, 1.165) is 18.2 Å². The summed E-state index contributed by atoms with van der Waals surface area (Å²) in [7, 11) is 0. The SMILES string of the molecule is CC1CN(C(=S)NC2CCCC2)CC(C)(C)O1. The molecular weight excluding hydrogens is 232 g/mol. The van der Waals surface area contributed by atoms with E-state index in [1.807, 2.05) is 0 Å². The van der Waals surface area contributed by atoms with Gasteiger partial charge in [-0.25, -0.2) is 0 Å². The molecule has 0 bridgehead atoms. The predicted molar refractivity (Wildman–Crippen MR) is 74.2 cm³/mol. The molecule has 0 spiro atoms. The lowest BCUT2D eigenvalue weighted by atomic mass is 10.1. The molecule has 1 saturated heterocycles. The number of hydrogen-bond donors (Lipinski definition) is 1. The lowest BCUT2D eigenvalue weighted by Crippen LogP contribution is -2.57. The maximum absolute atomic E-state index is 5.89. The highest BCUT2D eigenvalue weighted by Crippen LogP contribution is 2.22.